The second kappa shape index (κ2) is 7.38. The van der Waals surface area contributed by atoms with E-state index in [1.165, 1.54) is 0 Å². The third-order valence-electron chi connectivity index (χ3n) is 3.19. The van der Waals surface area contributed by atoms with Crippen LogP contribution in [0.3, 0.4) is 0 Å². The molecule has 0 saturated carbocycles. The molecule has 2 rings (SSSR count). The van der Waals surface area contributed by atoms with Crippen molar-refractivity contribution >= 4 is 17.4 Å². The summed E-state index contributed by atoms with van der Waals surface area (Å²) in [6.07, 6.45) is 3.61. The van der Waals surface area contributed by atoms with E-state index in [1.807, 2.05) is 36.4 Å². The van der Waals surface area contributed by atoms with Gasteiger partial charge in [-0.15, -0.1) is 0 Å². The van der Waals surface area contributed by atoms with Crippen LogP contribution in [0.15, 0.2) is 47.1 Å². The quantitative estimate of drug-likeness (QED) is 0.762. The van der Waals surface area contributed by atoms with Gasteiger partial charge in [0.05, 0.1) is 6.26 Å². The fourth-order valence-electron chi connectivity index (χ4n) is 2.01. The smallest absolute Gasteiger partial charge is 0.318 e. The highest BCUT2D eigenvalue weighted by Crippen LogP contribution is 2.16. The molecular weight excluding hydrogens is 266 g/mol. The highest BCUT2D eigenvalue weighted by Gasteiger charge is 2.05. The summed E-state index contributed by atoms with van der Waals surface area (Å²) in [5, 5.41) is 8.67. The Bertz CT molecular complexity index is 549. The molecule has 0 aliphatic carbocycles. The van der Waals surface area contributed by atoms with Crippen molar-refractivity contribution in [3.63, 3.8) is 0 Å². The van der Waals surface area contributed by atoms with Crippen molar-refractivity contribution < 1.29 is 9.21 Å². The lowest BCUT2D eigenvalue weighted by Gasteiger charge is -2.15. The number of carbonyl (C=O) groups is 1. The lowest BCUT2D eigenvalue weighted by Crippen LogP contribution is -2.24. The first-order valence-electron chi connectivity index (χ1n) is 7.05. The number of carbonyl (C=O) groups excluding carboxylic acids is 1. The van der Waals surface area contributed by atoms with E-state index in [4.69, 9.17) is 4.42 Å². The maximum Gasteiger partial charge on any atom is 0.318 e. The lowest BCUT2D eigenvalue weighted by atomic mass is 10.1. The van der Waals surface area contributed by atoms with E-state index in [1.54, 1.807) is 13.3 Å². The first-order chi connectivity index (χ1) is 10.2. The molecule has 0 spiro atoms. The van der Waals surface area contributed by atoms with E-state index < -0.39 is 0 Å². The maximum absolute atomic E-state index is 11.2. The van der Waals surface area contributed by atoms with Gasteiger partial charge in [-0.05, 0) is 49.7 Å². The van der Waals surface area contributed by atoms with Crippen LogP contribution in [0.25, 0.3) is 0 Å². The molecule has 1 aromatic carbocycles. The Balaban J connectivity index is 1.80. The average molecular weight is 287 g/mol. The summed E-state index contributed by atoms with van der Waals surface area (Å²) in [4.78, 5) is 11.2. The summed E-state index contributed by atoms with van der Waals surface area (Å²) < 4.78 is 5.32. The fourth-order valence-corrected chi connectivity index (χ4v) is 2.01. The Morgan fingerprint density at radius 2 is 1.90 bits per heavy atom. The van der Waals surface area contributed by atoms with E-state index in [9.17, 15) is 4.79 Å². The molecule has 1 heterocycles. The van der Waals surface area contributed by atoms with Crippen LogP contribution in [0.5, 0.6) is 0 Å². The standard InChI is InChI=1S/C16H21N3O2/c1-12(5-10-15-4-3-11-21-15)18-13-6-8-14(9-7-13)19-16(20)17-2/h3-4,6-9,11-12,18H,5,10H2,1-2H3,(H2,17,19,20). The monoisotopic (exact) mass is 287 g/mol. The molecule has 0 aliphatic heterocycles. The molecule has 0 saturated heterocycles. The summed E-state index contributed by atoms with van der Waals surface area (Å²) in [6, 6.07) is 11.7. The molecule has 2 aromatic rings. The number of nitrogens with one attached hydrogen (secondary N) is 3. The van der Waals surface area contributed by atoms with Gasteiger partial charge in [-0.2, -0.15) is 0 Å². The van der Waals surface area contributed by atoms with Gasteiger partial charge in [-0.1, -0.05) is 0 Å². The molecule has 3 N–H and O–H groups in total. The third kappa shape index (κ3) is 4.87. The second-order valence-electron chi connectivity index (χ2n) is 4.94. The molecule has 21 heavy (non-hydrogen) atoms. The zero-order chi connectivity index (χ0) is 15.1. The topological polar surface area (TPSA) is 66.3 Å². The minimum Gasteiger partial charge on any atom is -0.469 e. The normalized spacial score (nSPS) is 11.7. The summed E-state index contributed by atoms with van der Waals surface area (Å²) in [6.45, 7) is 2.14. The largest absolute Gasteiger partial charge is 0.469 e. The number of urea groups is 1. The van der Waals surface area contributed by atoms with Crippen LogP contribution in [-0.4, -0.2) is 19.1 Å². The SMILES string of the molecule is CNC(=O)Nc1ccc(NC(C)CCc2ccco2)cc1. The van der Waals surface area contributed by atoms with E-state index in [0.29, 0.717) is 6.04 Å². The van der Waals surface area contributed by atoms with Crippen LogP contribution in [0, 0.1) is 0 Å². The van der Waals surface area contributed by atoms with Crippen LogP contribution in [0.4, 0.5) is 16.2 Å². The molecule has 0 radical (unpaired) electrons. The summed E-state index contributed by atoms with van der Waals surface area (Å²) in [5.41, 5.74) is 1.80. The molecule has 1 unspecified atom stereocenters. The van der Waals surface area contributed by atoms with Crippen molar-refractivity contribution in [2.24, 2.45) is 0 Å². The molecule has 112 valence electrons. The van der Waals surface area contributed by atoms with Gasteiger partial charge in [0.25, 0.3) is 0 Å². The van der Waals surface area contributed by atoms with Crippen molar-refractivity contribution in [2.75, 3.05) is 17.7 Å². The van der Waals surface area contributed by atoms with Gasteiger partial charge in [0.15, 0.2) is 0 Å². The molecule has 1 aromatic heterocycles. The maximum atomic E-state index is 11.2. The minimum atomic E-state index is -0.220. The van der Waals surface area contributed by atoms with Gasteiger partial charge in [0.1, 0.15) is 5.76 Å². The predicted molar refractivity (Wildman–Crippen MR) is 84.6 cm³/mol. The molecular formula is C16H21N3O2. The summed E-state index contributed by atoms with van der Waals surface area (Å²) in [5.74, 6) is 1.01. The number of hydrogen-bond donors (Lipinski definition) is 3. The Hall–Kier alpha value is -2.43. The predicted octanol–water partition coefficient (Wildman–Crippen LogP) is 3.46. The van der Waals surface area contributed by atoms with Crippen LogP contribution >= 0.6 is 0 Å². The Morgan fingerprint density at radius 3 is 2.52 bits per heavy atom. The summed E-state index contributed by atoms with van der Waals surface area (Å²) in [7, 11) is 1.59. The third-order valence-corrected chi connectivity index (χ3v) is 3.19. The van der Waals surface area contributed by atoms with Gasteiger partial charge >= 0.3 is 6.03 Å². The Labute approximate surface area is 124 Å². The van der Waals surface area contributed by atoms with Crippen molar-refractivity contribution in [3.8, 4) is 0 Å². The number of amides is 2. The zero-order valence-corrected chi connectivity index (χ0v) is 12.3. The van der Waals surface area contributed by atoms with Crippen LogP contribution < -0.4 is 16.0 Å². The molecule has 0 aliphatic rings. The van der Waals surface area contributed by atoms with E-state index in [-0.39, 0.29) is 6.03 Å². The Kier molecular flexibility index (Phi) is 5.26. The first-order valence-corrected chi connectivity index (χ1v) is 7.05. The van der Waals surface area contributed by atoms with Crippen LogP contribution in [0.1, 0.15) is 19.1 Å². The molecule has 0 bridgehead atoms. The van der Waals surface area contributed by atoms with Gasteiger partial charge < -0.3 is 20.4 Å². The molecule has 2 amide bonds. The highest BCUT2D eigenvalue weighted by atomic mass is 16.3. The number of furan rings is 1. The second-order valence-corrected chi connectivity index (χ2v) is 4.94. The molecule has 1 atom stereocenters. The minimum absolute atomic E-state index is 0.220. The number of hydrogen-bond acceptors (Lipinski definition) is 3. The van der Waals surface area contributed by atoms with Crippen molar-refractivity contribution in [1.29, 1.82) is 0 Å². The van der Waals surface area contributed by atoms with Gasteiger partial charge in [0.2, 0.25) is 0 Å². The number of anilines is 2. The molecule has 0 fully saturated rings. The highest BCUT2D eigenvalue weighted by molar-refractivity contribution is 5.89. The number of aryl methyl sites for hydroxylation is 1. The number of rotatable bonds is 6. The van der Waals surface area contributed by atoms with E-state index in [0.717, 1.165) is 30.0 Å². The van der Waals surface area contributed by atoms with Gasteiger partial charge in [-0.3, -0.25) is 0 Å². The zero-order valence-electron chi connectivity index (χ0n) is 12.3. The van der Waals surface area contributed by atoms with Gasteiger partial charge in [0, 0.05) is 30.9 Å². The van der Waals surface area contributed by atoms with Gasteiger partial charge in [-0.25, -0.2) is 4.79 Å². The lowest BCUT2D eigenvalue weighted by molar-refractivity contribution is 0.254. The van der Waals surface area contributed by atoms with E-state index in [2.05, 4.69) is 22.9 Å². The average Bonchev–Trinajstić information content (AvgIpc) is 3.00. The molecule has 5 nitrogen and oxygen atoms in total. The van der Waals surface area contributed by atoms with Crippen molar-refractivity contribution in [2.45, 2.75) is 25.8 Å². The van der Waals surface area contributed by atoms with Crippen molar-refractivity contribution in [3.05, 3.63) is 48.4 Å². The Morgan fingerprint density at radius 1 is 1.19 bits per heavy atom. The van der Waals surface area contributed by atoms with Crippen LogP contribution in [0.2, 0.25) is 0 Å². The first kappa shape index (κ1) is 15.0. The molecule has 5 heteroatoms. The fraction of sp³-hybridized carbons (Fsp3) is 0.312. The van der Waals surface area contributed by atoms with E-state index >= 15 is 0 Å². The summed E-state index contributed by atoms with van der Waals surface area (Å²) >= 11 is 0. The van der Waals surface area contributed by atoms with Crippen LogP contribution in [-0.2, 0) is 6.42 Å². The van der Waals surface area contributed by atoms with Crippen molar-refractivity contribution in [1.82, 2.24) is 5.32 Å². The number of benzene rings is 1.